The first-order chi connectivity index (χ1) is 7.58. The Kier molecular flexibility index (Phi) is 5.29. The smallest absolute Gasteiger partial charge is 0.317 e. The average molecular weight is 242 g/mol. The molecular weight excluding hydrogens is 226 g/mol. The van der Waals surface area contributed by atoms with Gasteiger partial charge in [0.2, 0.25) is 0 Å². The van der Waals surface area contributed by atoms with Crippen molar-refractivity contribution in [2.45, 2.75) is 18.8 Å². The third-order valence-corrected chi connectivity index (χ3v) is 2.26. The summed E-state index contributed by atoms with van der Waals surface area (Å²) in [6.45, 7) is 3.07. The van der Waals surface area contributed by atoms with Gasteiger partial charge in [-0.15, -0.1) is 11.6 Å². The van der Waals surface area contributed by atoms with Crippen LogP contribution in [0.3, 0.4) is 0 Å². The number of carboxylic acids is 1. The summed E-state index contributed by atoms with van der Waals surface area (Å²) in [6.07, 6.45) is 0. The van der Waals surface area contributed by atoms with Gasteiger partial charge in [0.25, 0.3) is 0 Å². The SMILES string of the molecule is C[C@@H](Cl)CN(CC(=O)O)Cc1ccccc1. The van der Waals surface area contributed by atoms with Crippen molar-refractivity contribution in [3.8, 4) is 0 Å². The van der Waals surface area contributed by atoms with Gasteiger partial charge in [-0.05, 0) is 12.5 Å². The maximum atomic E-state index is 10.7. The fourth-order valence-corrected chi connectivity index (χ4v) is 1.77. The molecule has 0 amide bonds. The van der Waals surface area contributed by atoms with Gasteiger partial charge in [0.1, 0.15) is 0 Å². The maximum Gasteiger partial charge on any atom is 0.317 e. The molecule has 16 heavy (non-hydrogen) atoms. The second-order valence-electron chi connectivity index (χ2n) is 3.83. The summed E-state index contributed by atoms with van der Waals surface area (Å²) in [5.74, 6) is -0.826. The molecule has 0 saturated heterocycles. The number of aliphatic carboxylic acids is 1. The Morgan fingerprint density at radius 3 is 2.56 bits per heavy atom. The van der Waals surface area contributed by atoms with E-state index in [1.165, 1.54) is 0 Å². The van der Waals surface area contributed by atoms with Crippen molar-refractivity contribution in [3.63, 3.8) is 0 Å². The Bertz CT molecular complexity index is 327. The molecule has 0 aliphatic heterocycles. The number of carboxylic acid groups (broad SMARTS) is 1. The van der Waals surface area contributed by atoms with Gasteiger partial charge in [0.05, 0.1) is 6.54 Å². The zero-order chi connectivity index (χ0) is 12.0. The van der Waals surface area contributed by atoms with Crippen LogP contribution in [-0.2, 0) is 11.3 Å². The number of hydrogen-bond donors (Lipinski definition) is 1. The number of rotatable bonds is 6. The van der Waals surface area contributed by atoms with Crippen LogP contribution in [0.5, 0.6) is 0 Å². The topological polar surface area (TPSA) is 40.5 Å². The first-order valence-electron chi connectivity index (χ1n) is 5.20. The zero-order valence-electron chi connectivity index (χ0n) is 9.27. The highest BCUT2D eigenvalue weighted by Crippen LogP contribution is 2.06. The molecule has 0 aromatic heterocycles. The van der Waals surface area contributed by atoms with Crippen molar-refractivity contribution in [1.82, 2.24) is 4.90 Å². The molecule has 88 valence electrons. The molecule has 0 bridgehead atoms. The van der Waals surface area contributed by atoms with E-state index in [0.717, 1.165) is 5.56 Å². The molecule has 1 atom stereocenters. The Morgan fingerprint density at radius 1 is 1.44 bits per heavy atom. The van der Waals surface area contributed by atoms with E-state index >= 15 is 0 Å². The van der Waals surface area contributed by atoms with Gasteiger partial charge in [-0.1, -0.05) is 30.3 Å². The van der Waals surface area contributed by atoms with E-state index in [2.05, 4.69) is 0 Å². The van der Waals surface area contributed by atoms with Gasteiger partial charge in [-0.3, -0.25) is 9.69 Å². The van der Waals surface area contributed by atoms with E-state index in [1.807, 2.05) is 42.2 Å². The summed E-state index contributed by atoms with van der Waals surface area (Å²) in [4.78, 5) is 12.5. The van der Waals surface area contributed by atoms with Gasteiger partial charge >= 0.3 is 5.97 Å². The van der Waals surface area contributed by atoms with Gasteiger partial charge in [-0.2, -0.15) is 0 Å². The quantitative estimate of drug-likeness (QED) is 0.777. The molecule has 0 fully saturated rings. The Labute approximate surface area is 101 Å². The van der Waals surface area contributed by atoms with Crippen LogP contribution in [0, 0.1) is 0 Å². The molecule has 1 aromatic carbocycles. The summed E-state index contributed by atoms with van der Waals surface area (Å²) in [6, 6.07) is 9.79. The lowest BCUT2D eigenvalue weighted by Gasteiger charge is -2.21. The number of hydrogen-bond acceptors (Lipinski definition) is 2. The summed E-state index contributed by atoms with van der Waals surface area (Å²) < 4.78 is 0. The van der Waals surface area contributed by atoms with Crippen LogP contribution in [0.25, 0.3) is 0 Å². The van der Waals surface area contributed by atoms with E-state index in [1.54, 1.807) is 0 Å². The molecule has 1 aromatic rings. The summed E-state index contributed by atoms with van der Waals surface area (Å²) >= 11 is 5.89. The molecule has 0 aliphatic rings. The van der Waals surface area contributed by atoms with E-state index < -0.39 is 5.97 Å². The first-order valence-corrected chi connectivity index (χ1v) is 5.63. The molecule has 1 rings (SSSR count). The number of carbonyl (C=O) groups is 1. The number of alkyl halides is 1. The molecule has 1 N–H and O–H groups in total. The van der Waals surface area contributed by atoms with Crippen LogP contribution in [0.1, 0.15) is 12.5 Å². The van der Waals surface area contributed by atoms with Crippen LogP contribution in [0.2, 0.25) is 0 Å². The zero-order valence-corrected chi connectivity index (χ0v) is 10.0. The highest BCUT2D eigenvalue weighted by molar-refractivity contribution is 6.20. The molecule has 0 spiro atoms. The second-order valence-corrected chi connectivity index (χ2v) is 4.57. The predicted octanol–water partition coefficient (Wildman–Crippen LogP) is 2.20. The molecule has 4 heteroatoms. The monoisotopic (exact) mass is 241 g/mol. The molecule has 3 nitrogen and oxygen atoms in total. The minimum absolute atomic E-state index is 0.0198. The maximum absolute atomic E-state index is 10.7. The minimum atomic E-state index is -0.826. The lowest BCUT2D eigenvalue weighted by atomic mass is 10.2. The van der Waals surface area contributed by atoms with Crippen LogP contribution >= 0.6 is 11.6 Å². The summed E-state index contributed by atoms with van der Waals surface area (Å²) in [7, 11) is 0. The van der Waals surface area contributed by atoms with Crippen LogP contribution in [0.4, 0.5) is 0 Å². The largest absolute Gasteiger partial charge is 0.480 e. The number of nitrogens with zero attached hydrogens (tertiary/aromatic N) is 1. The Morgan fingerprint density at radius 2 is 2.06 bits per heavy atom. The number of halogens is 1. The highest BCUT2D eigenvalue weighted by atomic mass is 35.5. The van der Waals surface area contributed by atoms with Gasteiger partial charge in [0, 0.05) is 18.5 Å². The normalized spacial score (nSPS) is 12.7. The molecule has 0 saturated carbocycles. The fraction of sp³-hybridized carbons (Fsp3) is 0.417. The van der Waals surface area contributed by atoms with E-state index in [-0.39, 0.29) is 11.9 Å². The van der Waals surface area contributed by atoms with Crippen molar-refractivity contribution < 1.29 is 9.90 Å². The van der Waals surface area contributed by atoms with Crippen LogP contribution in [0.15, 0.2) is 30.3 Å². The Balaban J connectivity index is 2.59. The van der Waals surface area contributed by atoms with Crippen molar-refractivity contribution in [2.75, 3.05) is 13.1 Å². The third-order valence-electron chi connectivity index (χ3n) is 2.12. The summed E-state index contributed by atoms with van der Waals surface area (Å²) in [5, 5.41) is 8.74. The van der Waals surface area contributed by atoms with E-state index in [9.17, 15) is 4.79 Å². The molecule has 0 heterocycles. The van der Waals surface area contributed by atoms with Crippen molar-refractivity contribution in [2.24, 2.45) is 0 Å². The third kappa shape index (κ3) is 5.14. The van der Waals surface area contributed by atoms with Gasteiger partial charge in [-0.25, -0.2) is 0 Å². The number of benzene rings is 1. The predicted molar refractivity (Wildman–Crippen MR) is 64.7 cm³/mol. The highest BCUT2D eigenvalue weighted by Gasteiger charge is 2.12. The average Bonchev–Trinajstić information content (AvgIpc) is 2.16. The van der Waals surface area contributed by atoms with Crippen molar-refractivity contribution >= 4 is 17.6 Å². The first kappa shape index (κ1) is 13.0. The van der Waals surface area contributed by atoms with Crippen LogP contribution in [-0.4, -0.2) is 34.4 Å². The second kappa shape index (κ2) is 6.51. The van der Waals surface area contributed by atoms with Gasteiger partial charge in [0.15, 0.2) is 0 Å². The Hall–Kier alpha value is -1.06. The standard InChI is InChI=1S/C12H16ClNO2/c1-10(13)7-14(9-12(15)16)8-11-5-3-2-4-6-11/h2-6,10H,7-9H2,1H3,(H,15,16)/t10-/m1/s1. The molecular formula is C12H16ClNO2. The molecule has 0 aliphatic carbocycles. The minimum Gasteiger partial charge on any atom is -0.480 e. The summed E-state index contributed by atoms with van der Waals surface area (Å²) in [5.41, 5.74) is 1.10. The molecule has 0 radical (unpaired) electrons. The van der Waals surface area contributed by atoms with Crippen molar-refractivity contribution in [1.29, 1.82) is 0 Å². The van der Waals surface area contributed by atoms with E-state index in [4.69, 9.17) is 16.7 Å². The fourth-order valence-electron chi connectivity index (χ4n) is 1.57. The van der Waals surface area contributed by atoms with Crippen molar-refractivity contribution in [3.05, 3.63) is 35.9 Å². The van der Waals surface area contributed by atoms with Crippen LogP contribution < -0.4 is 0 Å². The lowest BCUT2D eigenvalue weighted by Crippen LogP contribution is -2.33. The molecule has 0 unspecified atom stereocenters. The lowest BCUT2D eigenvalue weighted by molar-refractivity contribution is -0.138. The van der Waals surface area contributed by atoms with E-state index in [0.29, 0.717) is 13.1 Å². The van der Waals surface area contributed by atoms with Gasteiger partial charge < -0.3 is 5.11 Å².